The van der Waals surface area contributed by atoms with Crippen LogP contribution in [0.3, 0.4) is 0 Å². The number of aliphatic carboxylic acids is 1. The lowest BCUT2D eigenvalue weighted by Gasteiger charge is -2.17. The van der Waals surface area contributed by atoms with Gasteiger partial charge in [0.2, 0.25) is 5.67 Å². The van der Waals surface area contributed by atoms with Gasteiger partial charge in [-0.1, -0.05) is 29.8 Å². The maximum Gasteiger partial charge on any atom is 0.343 e. The number of para-hydroxylation sites is 1. The van der Waals surface area contributed by atoms with Crippen LogP contribution in [-0.4, -0.2) is 45.6 Å². The number of aromatic amines is 1. The number of hydrogen-bond donors (Lipinski definition) is 2. The number of carbonyl (C=O) groups is 2. The Bertz CT molecular complexity index is 745. The fourth-order valence-corrected chi connectivity index (χ4v) is 2.83. The van der Waals surface area contributed by atoms with Crippen LogP contribution < -0.4 is 0 Å². The summed E-state index contributed by atoms with van der Waals surface area (Å²) in [6.07, 6.45) is -0.216. The molecule has 3 rings (SSSR count). The summed E-state index contributed by atoms with van der Waals surface area (Å²) in [5.74, 6) is -2.03. The smallest absolute Gasteiger partial charge is 0.343 e. The zero-order chi connectivity index (χ0) is 15.2. The number of alkyl halides is 1. The Hall–Kier alpha value is -2.08. The Labute approximate surface area is 124 Å². The molecule has 21 heavy (non-hydrogen) atoms. The second kappa shape index (κ2) is 4.73. The molecule has 0 bridgehead atoms. The summed E-state index contributed by atoms with van der Waals surface area (Å²) < 4.78 is 14.0. The number of likely N-dealkylation sites (tertiary alicyclic amines) is 1. The van der Waals surface area contributed by atoms with Crippen molar-refractivity contribution in [2.45, 2.75) is 12.1 Å². The molecule has 1 aliphatic heterocycles. The summed E-state index contributed by atoms with van der Waals surface area (Å²) in [7, 11) is 0. The van der Waals surface area contributed by atoms with Crippen molar-refractivity contribution in [3.05, 3.63) is 35.0 Å². The highest BCUT2D eigenvalue weighted by molar-refractivity contribution is 6.38. The topological polar surface area (TPSA) is 73.4 Å². The lowest BCUT2D eigenvalue weighted by molar-refractivity contribution is -0.149. The van der Waals surface area contributed by atoms with Gasteiger partial charge in [-0.25, -0.2) is 9.18 Å². The van der Waals surface area contributed by atoms with E-state index < -0.39 is 24.1 Å². The molecular weight excluding hydrogens is 299 g/mol. The third kappa shape index (κ3) is 2.15. The number of hydrogen-bond acceptors (Lipinski definition) is 2. The fourth-order valence-electron chi connectivity index (χ4n) is 2.53. The average molecular weight is 311 g/mol. The van der Waals surface area contributed by atoms with E-state index in [-0.39, 0.29) is 23.7 Å². The number of aromatic nitrogens is 1. The second-order valence-corrected chi connectivity index (χ2v) is 5.48. The summed E-state index contributed by atoms with van der Waals surface area (Å²) in [5.41, 5.74) is -1.52. The zero-order valence-electron chi connectivity index (χ0n) is 10.9. The lowest BCUT2D eigenvalue weighted by atomic mass is 10.1. The van der Waals surface area contributed by atoms with Crippen molar-refractivity contribution in [1.29, 1.82) is 0 Å². The van der Waals surface area contributed by atoms with Crippen molar-refractivity contribution in [3.63, 3.8) is 0 Å². The molecular formula is C14H12ClFN2O3. The summed E-state index contributed by atoms with van der Waals surface area (Å²) in [4.78, 5) is 27.4. The van der Waals surface area contributed by atoms with E-state index in [1.54, 1.807) is 24.3 Å². The van der Waals surface area contributed by atoms with Gasteiger partial charge in [0, 0.05) is 23.9 Å². The first-order valence-electron chi connectivity index (χ1n) is 6.40. The minimum absolute atomic E-state index is 0.0489. The third-order valence-corrected chi connectivity index (χ3v) is 4.14. The van der Waals surface area contributed by atoms with Gasteiger partial charge in [-0.3, -0.25) is 4.79 Å². The lowest BCUT2D eigenvalue weighted by Crippen LogP contribution is -2.39. The quantitative estimate of drug-likeness (QED) is 0.895. The van der Waals surface area contributed by atoms with Gasteiger partial charge in [-0.2, -0.15) is 0 Å². The van der Waals surface area contributed by atoms with E-state index in [0.717, 1.165) is 0 Å². The van der Waals surface area contributed by atoms with Crippen LogP contribution in [0.1, 0.15) is 16.9 Å². The molecule has 0 radical (unpaired) electrons. The molecule has 1 aromatic carbocycles. The van der Waals surface area contributed by atoms with E-state index in [2.05, 4.69) is 4.98 Å². The molecule has 2 N–H and O–H groups in total. The minimum Gasteiger partial charge on any atom is -0.479 e. The molecule has 1 saturated heterocycles. The molecule has 110 valence electrons. The Morgan fingerprint density at radius 1 is 1.38 bits per heavy atom. The minimum atomic E-state index is -2.38. The molecule has 7 heteroatoms. The number of carbonyl (C=O) groups excluding carboxylic acids is 1. The molecule has 1 atom stereocenters. The predicted octanol–water partition coefficient (Wildman–Crippen LogP) is 2.46. The highest BCUT2D eigenvalue weighted by Gasteiger charge is 2.47. The van der Waals surface area contributed by atoms with Gasteiger partial charge in [0.1, 0.15) is 5.69 Å². The van der Waals surface area contributed by atoms with Gasteiger partial charge in [-0.15, -0.1) is 0 Å². The average Bonchev–Trinajstić information content (AvgIpc) is 3.01. The Balaban J connectivity index is 1.92. The molecule has 1 aliphatic rings. The van der Waals surface area contributed by atoms with Crippen molar-refractivity contribution in [2.24, 2.45) is 0 Å². The van der Waals surface area contributed by atoms with Gasteiger partial charge in [0.05, 0.1) is 11.6 Å². The van der Waals surface area contributed by atoms with Crippen molar-refractivity contribution in [2.75, 3.05) is 13.1 Å². The molecule has 2 aromatic rings. The highest BCUT2D eigenvalue weighted by atomic mass is 35.5. The van der Waals surface area contributed by atoms with Gasteiger partial charge >= 0.3 is 5.97 Å². The van der Waals surface area contributed by atoms with Crippen LogP contribution >= 0.6 is 11.6 Å². The molecule has 0 spiro atoms. The van der Waals surface area contributed by atoms with E-state index >= 15 is 0 Å². The molecule has 1 fully saturated rings. The van der Waals surface area contributed by atoms with E-state index in [1.165, 1.54) is 4.90 Å². The van der Waals surface area contributed by atoms with Crippen LogP contribution in [0.4, 0.5) is 4.39 Å². The number of carboxylic acid groups (broad SMARTS) is 1. The number of H-pyrrole nitrogens is 1. The molecule has 0 saturated carbocycles. The molecule has 1 unspecified atom stereocenters. The summed E-state index contributed by atoms with van der Waals surface area (Å²) >= 11 is 6.18. The number of halogens is 2. The third-order valence-electron chi connectivity index (χ3n) is 3.75. The van der Waals surface area contributed by atoms with E-state index in [1.807, 2.05) is 0 Å². The normalized spacial score (nSPS) is 21.9. The Morgan fingerprint density at radius 3 is 2.71 bits per heavy atom. The molecule has 5 nitrogen and oxygen atoms in total. The van der Waals surface area contributed by atoms with E-state index in [0.29, 0.717) is 10.9 Å². The number of benzene rings is 1. The van der Waals surface area contributed by atoms with Crippen LogP contribution in [-0.2, 0) is 4.79 Å². The van der Waals surface area contributed by atoms with Crippen molar-refractivity contribution < 1.29 is 19.1 Å². The maximum atomic E-state index is 14.0. The van der Waals surface area contributed by atoms with Crippen LogP contribution in [0, 0.1) is 0 Å². The van der Waals surface area contributed by atoms with Crippen LogP contribution in [0.25, 0.3) is 10.9 Å². The number of rotatable bonds is 2. The number of carboxylic acids is 1. The predicted molar refractivity (Wildman–Crippen MR) is 75.3 cm³/mol. The first kappa shape index (κ1) is 13.9. The highest BCUT2D eigenvalue weighted by Crippen LogP contribution is 2.31. The van der Waals surface area contributed by atoms with Crippen LogP contribution in [0.5, 0.6) is 0 Å². The number of nitrogens with one attached hydrogen (secondary N) is 1. The Kier molecular flexibility index (Phi) is 3.13. The first-order chi connectivity index (χ1) is 9.92. The second-order valence-electron chi connectivity index (χ2n) is 5.11. The first-order valence-corrected chi connectivity index (χ1v) is 6.78. The standard InChI is InChI=1S/C14H12ClFN2O3/c15-10-8-3-1-2-4-9(8)17-11(10)12(19)18-6-5-14(16,7-18)13(20)21/h1-4,17H,5-7H2,(H,20,21). The molecule has 1 aromatic heterocycles. The fraction of sp³-hybridized carbons (Fsp3) is 0.286. The zero-order valence-corrected chi connectivity index (χ0v) is 11.7. The van der Waals surface area contributed by atoms with Crippen LogP contribution in [0.15, 0.2) is 24.3 Å². The van der Waals surface area contributed by atoms with E-state index in [4.69, 9.17) is 16.7 Å². The number of fused-ring (bicyclic) bond motifs is 1. The number of amides is 1. The largest absolute Gasteiger partial charge is 0.479 e. The van der Waals surface area contributed by atoms with Gasteiger partial charge < -0.3 is 15.0 Å². The van der Waals surface area contributed by atoms with Gasteiger partial charge in [0.25, 0.3) is 5.91 Å². The molecule has 1 amide bonds. The van der Waals surface area contributed by atoms with Crippen molar-refractivity contribution in [3.8, 4) is 0 Å². The number of nitrogens with zero attached hydrogens (tertiary/aromatic N) is 1. The van der Waals surface area contributed by atoms with Crippen molar-refractivity contribution in [1.82, 2.24) is 9.88 Å². The van der Waals surface area contributed by atoms with Crippen molar-refractivity contribution >= 4 is 34.4 Å². The van der Waals surface area contributed by atoms with Gasteiger partial charge in [-0.05, 0) is 6.07 Å². The summed E-state index contributed by atoms with van der Waals surface area (Å²) in [5, 5.41) is 9.83. The monoisotopic (exact) mass is 310 g/mol. The maximum absolute atomic E-state index is 14.0. The van der Waals surface area contributed by atoms with Crippen LogP contribution in [0.2, 0.25) is 5.02 Å². The molecule has 0 aliphatic carbocycles. The van der Waals surface area contributed by atoms with Gasteiger partial charge in [0.15, 0.2) is 0 Å². The Morgan fingerprint density at radius 2 is 2.10 bits per heavy atom. The van der Waals surface area contributed by atoms with E-state index in [9.17, 15) is 14.0 Å². The summed E-state index contributed by atoms with van der Waals surface area (Å²) in [6, 6.07) is 7.14. The molecule has 2 heterocycles. The SMILES string of the molecule is O=C(c1[nH]c2ccccc2c1Cl)N1CCC(F)(C(=O)O)C1. The summed E-state index contributed by atoms with van der Waals surface area (Å²) in [6.45, 7) is -0.416.